The number of allylic oxidation sites excluding steroid dienone is 4. The van der Waals surface area contributed by atoms with E-state index in [1.807, 2.05) is 67.6 Å². The first-order valence-corrected chi connectivity index (χ1v) is 9.43. The smallest absolute Gasteiger partial charge is 1.00 e. The van der Waals surface area contributed by atoms with Crippen molar-refractivity contribution in [3.05, 3.63) is 86.0 Å². The largest absolute Gasteiger partial charge is 1.00 e. The average molecular weight is 455 g/mol. The summed E-state index contributed by atoms with van der Waals surface area (Å²) in [6.45, 7) is 1.93. The molecule has 6 heteroatoms. The van der Waals surface area contributed by atoms with E-state index in [0.717, 1.165) is 22.3 Å². The van der Waals surface area contributed by atoms with E-state index in [1.165, 1.54) is 28.0 Å². The van der Waals surface area contributed by atoms with Crippen LogP contribution >= 0.6 is 7.68 Å². The van der Waals surface area contributed by atoms with Crippen molar-refractivity contribution in [2.45, 2.75) is 12.8 Å². The number of benzene rings is 2. The van der Waals surface area contributed by atoms with E-state index in [1.54, 1.807) is 0 Å². The maximum Gasteiger partial charge on any atom is -1.00 e. The third-order valence-electron chi connectivity index (χ3n) is 3.98. The Bertz CT molecular complexity index is 836. The topological polar surface area (TPSA) is 34.1 Å². The molecule has 1 aliphatic rings. The number of hydrogen-bond acceptors (Lipinski definition) is 2. The van der Waals surface area contributed by atoms with Gasteiger partial charge in [0.1, 0.15) is 0 Å². The van der Waals surface area contributed by atoms with Crippen molar-refractivity contribution in [2.24, 2.45) is 0 Å². The summed E-state index contributed by atoms with van der Waals surface area (Å²) in [6, 6.07) is 20.0. The second-order valence-corrected chi connectivity index (χ2v) is 7.59. The normalized spacial score (nSPS) is 16.5. The van der Waals surface area contributed by atoms with Gasteiger partial charge in [0.2, 0.25) is 0 Å². The Labute approximate surface area is 169 Å². The molecular weight excluding hydrogens is 441 g/mol. The molecule has 0 amide bonds. The zero-order valence-electron chi connectivity index (χ0n) is 12.9. The quantitative estimate of drug-likeness (QED) is 0.568. The third-order valence-corrected chi connectivity index (χ3v) is 6.29. The minimum atomic E-state index is -2.60. The molecular formula is C18H14Cl2O2PZr. The molecule has 1 unspecified atom stereocenters. The van der Waals surface area contributed by atoms with E-state index < -0.39 is 7.68 Å². The summed E-state index contributed by atoms with van der Waals surface area (Å²) in [5.74, 6) is -0.129. The Morgan fingerprint density at radius 2 is 1.38 bits per heavy atom. The Morgan fingerprint density at radius 1 is 0.875 bits per heavy atom. The van der Waals surface area contributed by atoms with E-state index in [-0.39, 0.29) is 30.7 Å². The van der Waals surface area contributed by atoms with Crippen LogP contribution < -0.4 is 24.8 Å². The van der Waals surface area contributed by atoms with Crippen molar-refractivity contribution in [3.8, 4) is 0 Å². The van der Waals surface area contributed by atoms with Gasteiger partial charge in [0.15, 0.2) is 0 Å². The van der Waals surface area contributed by atoms with Gasteiger partial charge in [-0.15, -0.1) is 0 Å². The van der Waals surface area contributed by atoms with Crippen LogP contribution in [0, 0.1) is 0 Å². The zero-order valence-corrected chi connectivity index (χ0v) is 17.7. The summed E-state index contributed by atoms with van der Waals surface area (Å²) in [7, 11) is -2.60. The maximum absolute atomic E-state index is 11.9. The van der Waals surface area contributed by atoms with Gasteiger partial charge in [0.05, 0.1) is 0 Å². The van der Waals surface area contributed by atoms with E-state index in [4.69, 9.17) is 0 Å². The van der Waals surface area contributed by atoms with Crippen molar-refractivity contribution >= 4 is 13.3 Å². The summed E-state index contributed by atoms with van der Waals surface area (Å²) in [5.41, 5.74) is 4.14. The van der Waals surface area contributed by atoms with Crippen molar-refractivity contribution in [2.75, 3.05) is 0 Å². The fourth-order valence-corrected chi connectivity index (χ4v) is 5.77. The Balaban J connectivity index is 0.00000144. The SMILES string of the molecule is CC1=C(P(=O)=O)C(c2ccccc2)[C]([Zr+2])=C1c1ccccc1.[Cl-].[Cl-]. The second kappa shape index (κ2) is 9.11. The third kappa shape index (κ3) is 3.92. The van der Waals surface area contributed by atoms with Gasteiger partial charge in [-0.3, -0.25) is 0 Å². The van der Waals surface area contributed by atoms with Gasteiger partial charge >= 0.3 is 146 Å². The van der Waals surface area contributed by atoms with Gasteiger partial charge in [0, 0.05) is 0 Å². The Kier molecular flexibility index (Phi) is 8.10. The number of halogens is 2. The van der Waals surface area contributed by atoms with Crippen LogP contribution in [0.25, 0.3) is 5.57 Å². The predicted molar refractivity (Wildman–Crippen MR) is 83.5 cm³/mol. The molecule has 0 spiro atoms. The first kappa shape index (κ1) is 21.3. The molecule has 2 aromatic rings. The van der Waals surface area contributed by atoms with Crippen molar-refractivity contribution in [1.29, 1.82) is 0 Å². The molecule has 0 saturated heterocycles. The molecule has 0 fully saturated rings. The summed E-state index contributed by atoms with van der Waals surface area (Å²) in [6.07, 6.45) is 0. The molecule has 0 radical (unpaired) electrons. The first-order valence-electron chi connectivity index (χ1n) is 7.03. The summed E-state index contributed by atoms with van der Waals surface area (Å²) < 4.78 is 25.0. The average Bonchev–Trinajstić information content (AvgIpc) is 2.80. The predicted octanol–water partition coefficient (Wildman–Crippen LogP) is -0.803. The molecule has 1 aliphatic carbocycles. The molecule has 0 bridgehead atoms. The van der Waals surface area contributed by atoms with E-state index in [9.17, 15) is 9.13 Å². The molecule has 3 rings (SSSR count). The van der Waals surface area contributed by atoms with Crippen LogP contribution in [0.15, 0.2) is 74.8 Å². The van der Waals surface area contributed by atoms with E-state index >= 15 is 0 Å². The Hall–Kier alpha value is -0.717. The summed E-state index contributed by atoms with van der Waals surface area (Å²) in [5, 5.41) is 0.548. The second-order valence-electron chi connectivity index (χ2n) is 5.27. The van der Waals surface area contributed by atoms with Crippen LogP contribution in [0.3, 0.4) is 0 Å². The van der Waals surface area contributed by atoms with E-state index in [0.29, 0.717) is 5.31 Å². The number of rotatable bonds is 3. The maximum atomic E-state index is 11.9. The van der Waals surface area contributed by atoms with Crippen molar-refractivity contribution in [3.63, 3.8) is 0 Å². The van der Waals surface area contributed by atoms with Gasteiger partial charge in [-0.1, -0.05) is 0 Å². The van der Waals surface area contributed by atoms with Crippen molar-refractivity contribution < 1.29 is 58.7 Å². The first-order chi connectivity index (χ1) is 10.6. The molecule has 121 valence electrons. The van der Waals surface area contributed by atoms with Crippen LogP contribution in [0.4, 0.5) is 0 Å². The van der Waals surface area contributed by atoms with Gasteiger partial charge in [-0.2, -0.15) is 0 Å². The molecule has 0 aliphatic heterocycles. The van der Waals surface area contributed by atoms with Crippen LogP contribution in [0.2, 0.25) is 0 Å². The monoisotopic (exact) mass is 453 g/mol. The van der Waals surface area contributed by atoms with Gasteiger partial charge < -0.3 is 24.8 Å². The molecule has 24 heavy (non-hydrogen) atoms. The molecule has 1 atom stereocenters. The molecule has 0 N–H and O–H groups in total. The van der Waals surface area contributed by atoms with Crippen LogP contribution in [0.1, 0.15) is 24.0 Å². The van der Waals surface area contributed by atoms with E-state index in [2.05, 4.69) is 0 Å². The molecule has 0 aromatic heterocycles. The number of hydrogen-bond donors (Lipinski definition) is 0. The Morgan fingerprint density at radius 3 is 1.88 bits per heavy atom. The van der Waals surface area contributed by atoms with Gasteiger partial charge in [-0.05, 0) is 0 Å². The molecule has 0 heterocycles. The van der Waals surface area contributed by atoms with Crippen LogP contribution in [0.5, 0.6) is 0 Å². The minimum absolute atomic E-state index is 0. The van der Waals surface area contributed by atoms with Crippen LogP contribution in [-0.2, 0) is 33.8 Å². The summed E-state index contributed by atoms with van der Waals surface area (Å²) >= 11 is 1.26. The minimum Gasteiger partial charge on any atom is -1.00 e. The molecule has 2 aromatic carbocycles. The molecule has 2 nitrogen and oxygen atoms in total. The van der Waals surface area contributed by atoms with Crippen LogP contribution in [-0.4, -0.2) is 0 Å². The fraction of sp³-hybridized carbons (Fsp3) is 0.111. The van der Waals surface area contributed by atoms with Gasteiger partial charge in [0.25, 0.3) is 0 Å². The fourth-order valence-electron chi connectivity index (χ4n) is 3.02. The summed E-state index contributed by atoms with van der Waals surface area (Å²) in [4.78, 5) is 0. The van der Waals surface area contributed by atoms with Gasteiger partial charge in [-0.25, -0.2) is 0 Å². The van der Waals surface area contributed by atoms with Crippen molar-refractivity contribution in [1.82, 2.24) is 0 Å². The zero-order chi connectivity index (χ0) is 15.7. The standard InChI is InChI=1S/C18H14O2P.2ClH.Zr/c1-13-16(14-8-4-2-5-9-14)12-17(18(13)21(19)20)15-10-6-3-7-11-15;;;/h2-11,17H,1H3;2*1H;/q;;;+2/p-2. The molecule has 0 saturated carbocycles.